The number of benzene rings is 1. The van der Waals surface area contributed by atoms with Crippen molar-refractivity contribution in [3.05, 3.63) is 48.2 Å². The highest BCUT2D eigenvalue weighted by molar-refractivity contribution is 6.02. The van der Waals surface area contributed by atoms with Crippen molar-refractivity contribution in [2.45, 2.75) is 31.3 Å². The Morgan fingerprint density at radius 3 is 2.44 bits per heavy atom. The Balaban J connectivity index is 1.33. The van der Waals surface area contributed by atoms with Gasteiger partial charge in [-0.05, 0) is 49.9 Å². The summed E-state index contributed by atoms with van der Waals surface area (Å²) in [5, 5.41) is 14.4. The molecule has 0 atom stereocenters. The molecule has 4 N–H and O–H groups in total. The van der Waals surface area contributed by atoms with Gasteiger partial charge in [0.15, 0.2) is 5.69 Å². The second-order valence-corrected chi connectivity index (χ2v) is 7.65. The third-order valence-corrected chi connectivity index (χ3v) is 5.85. The van der Waals surface area contributed by atoms with E-state index < -0.39 is 0 Å². The van der Waals surface area contributed by atoms with Gasteiger partial charge in [-0.1, -0.05) is 18.2 Å². The lowest BCUT2D eigenvalue weighted by Crippen LogP contribution is -2.56. The van der Waals surface area contributed by atoms with Crippen molar-refractivity contribution in [1.29, 1.82) is 0 Å². The molecule has 1 aliphatic carbocycles. The molecule has 1 saturated carbocycles. The van der Waals surface area contributed by atoms with E-state index in [2.05, 4.69) is 20.8 Å². The number of ether oxygens (including phenoxy) is 1. The summed E-state index contributed by atoms with van der Waals surface area (Å²) in [7, 11) is 0. The summed E-state index contributed by atoms with van der Waals surface area (Å²) in [6.07, 6.45) is 4.27. The molecule has 3 heterocycles. The molecule has 1 aromatic heterocycles. The number of aromatic nitrogens is 2. The van der Waals surface area contributed by atoms with Crippen LogP contribution in [0.5, 0.6) is 0 Å². The molecule has 0 spiro atoms. The molecule has 142 valence electrons. The standard InChI is InChI=1S/C20H25N5O2/c21-12-20-10-8-19(9-11-20,14-27-20)13-22-17-7-6-16(24-25-17)18(26)23-15-4-2-1-3-5-15/h1-7H,8-14,21H2,(H,22,25)(H,23,26). The molecule has 0 unspecified atom stereocenters. The van der Waals surface area contributed by atoms with Gasteiger partial charge in [0.1, 0.15) is 5.82 Å². The van der Waals surface area contributed by atoms with E-state index in [0.717, 1.165) is 44.5 Å². The average molecular weight is 367 g/mol. The SMILES string of the molecule is NCC12CCC(CNc3ccc(C(=O)Nc4ccccc4)nn3)(CC1)CO2. The molecule has 2 aromatic rings. The van der Waals surface area contributed by atoms with Crippen LogP contribution in [0.1, 0.15) is 36.2 Å². The lowest BCUT2D eigenvalue weighted by molar-refractivity contribution is -0.173. The highest BCUT2D eigenvalue weighted by atomic mass is 16.5. The van der Waals surface area contributed by atoms with Gasteiger partial charge < -0.3 is 21.1 Å². The Morgan fingerprint density at radius 1 is 1.07 bits per heavy atom. The number of amides is 1. The number of nitrogens with zero attached hydrogens (tertiary/aromatic N) is 2. The van der Waals surface area contributed by atoms with Crippen LogP contribution in [0.4, 0.5) is 11.5 Å². The molecule has 7 heteroatoms. The summed E-state index contributed by atoms with van der Waals surface area (Å²) in [6.45, 7) is 2.13. The van der Waals surface area contributed by atoms with Crippen molar-refractivity contribution < 1.29 is 9.53 Å². The molecule has 0 radical (unpaired) electrons. The van der Waals surface area contributed by atoms with Gasteiger partial charge in [0.2, 0.25) is 0 Å². The molecule has 27 heavy (non-hydrogen) atoms. The Morgan fingerprint density at radius 2 is 1.85 bits per heavy atom. The van der Waals surface area contributed by atoms with E-state index in [1.54, 1.807) is 12.1 Å². The van der Waals surface area contributed by atoms with E-state index >= 15 is 0 Å². The Bertz CT molecular complexity index is 769. The summed E-state index contributed by atoms with van der Waals surface area (Å²) in [4.78, 5) is 12.2. The van der Waals surface area contributed by atoms with Crippen LogP contribution in [0.3, 0.4) is 0 Å². The molecular formula is C20H25N5O2. The van der Waals surface area contributed by atoms with Crippen molar-refractivity contribution in [1.82, 2.24) is 10.2 Å². The predicted octanol–water partition coefficient (Wildman–Crippen LogP) is 2.43. The fourth-order valence-corrected chi connectivity index (χ4v) is 3.86. The lowest BCUT2D eigenvalue weighted by atomic mass is 9.66. The topological polar surface area (TPSA) is 102 Å². The van der Waals surface area contributed by atoms with Crippen molar-refractivity contribution >= 4 is 17.4 Å². The average Bonchev–Trinajstić information content (AvgIpc) is 2.75. The largest absolute Gasteiger partial charge is 0.373 e. The summed E-state index contributed by atoms with van der Waals surface area (Å²) in [5.41, 5.74) is 6.95. The molecule has 5 rings (SSSR count). The van der Waals surface area contributed by atoms with E-state index in [9.17, 15) is 4.79 Å². The lowest BCUT2D eigenvalue weighted by Gasteiger charge is -2.52. The van der Waals surface area contributed by atoms with Crippen LogP contribution < -0.4 is 16.4 Å². The van der Waals surface area contributed by atoms with Crippen molar-refractivity contribution in [3.8, 4) is 0 Å². The molecular weight excluding hydrogens is 342 g/mol. The van der Waals surface area contributed by atoms with Gasteiger partial charge in [0.05, 0.1) is 12.2 Å². The van der Waals surface area contributed by atoms with Crippen LogP contribution >= 0.6 is 0 Å². The smallest absolute Gasteiger partial charge is 0.276 e. The first kappa shape index (κ1) is 17.9. The van der Waals surface area contributed by atoms with Crippen molar-refractivity contribution in [2.24, 2.45) is 11.1 Å². The molecule has 3 aliphatic rings. The fourth-order valence-electron chi connectivity index (χ4n) is 3.86. The number of rotatable bonds is 6. The number of hydrogen-bond donors (Lipinski definition) is 3. The summed E-state index contributed by atoms with van der Waals surface area (Å²) in [6, 6.07) is 12.8. The highest BCUT2D eigenvalue weighted by Crippen LogP contribution is 2.48. The Kier molecular flexibility index (Phi) is 4.80. The predicted molar refractivity (Wildman–Crippen MR) is 104 cm³/mol. The normalized spacial score (nSPS) is 26.6. The zero-order valence-corrected chi connectivity index (χ0v) is 15.3. The monoisotopic (exact) mass is 367 g/mol. The zero-order valence-electron chi connectivity index (χ0n) is 15.3. The number of nitrogens with two attached hydrogens (primary N) is 1. The van der Waals surface area contributed by atoms with Crippen molar-refractivity contribution in [3.63, 3.8) is 0 Å². The third kappa shape index (κ3) is 3.79. The van der Waals surface area contributed by atoms with E-state index in [4.69, 9.17) is 10.5 Å². The highest BCUT2D eigenvalue weighted by Gasteiger charge is 2.48. The maximum absolute atomic E-state index is 12.2. The van der Waals surface area contributed by atoms with E-state index in [1.165, 1.54) is 0 Å². The quantitative estimate of drug-likeness (QED) is 0.725. The van der Waals surface area contributed by atoms with Gasteiger partial charge in [-0.25, -0.2) is 0 Å². The maximum atomic E-state index is 12.2. The molecule has 3 fully saturated rings. The minimum atomic E-state index is -0.273. The minimum absolute atomic E-state index is 0.0880. The van der Waals surface area contributed by atoms with Gasteiger partial charge in [-0.3, -0.25) is 4.79 Å². The van der Waals surface area contributed by atoms with Crippen LogP contribution in [-0.4, -0.2) is 41.4 Å². The molecule has 2 aliphatic heterocycles. The van der Waals surface area contributed by atoms with Gasteiger partial charge in [0, 0.05) is 24.2 Å². The first-order chi connectivity index (χ1) is 13.1. The summed E-state index contributed by atoms with van der Waals surface area (Å²) >= 11 is 0. The fraction of sp³-hybridized carbons (Fsp3) is 0.450. The van der Waals surface area contributed by atoms with Gasteiger partial charge in [-0.2, -0.15) is 0 Å². The number of nitrogens with one attached hydrogen (secondary N) is 2. The van der Waals surface area contributed by atoms with Crippen LogP contribution in [-0.2, 0) is 4.74 Å². The number of hydrogen-bond acceptors (Lipinski definition) is 6. The third-order valence-electron chi connectivity index (χ3n) is 5.85. The van der Waals surface area contributed by atoms with Crippen LogP contribution in [0.25, 0.3) is 0 Å². The molecule has 2 saturated heterocycles. The first-order valence-electron chi connectivity index (χ1n) is 9.40. The van der Waals surface area contributed by atoms with E-state index in [0.29, 0.717) is 12.4 Å². The Labute approximate surface area is 158 Å². The second-order valence-electron chi connectivity index (χ2n) is 7.65. The first-order valence-corrected chi connectivity index (χ1v) is 9.40. The zero-order chi connectivity index (χ0) is 18.7. The van der Waals surface area contributed by atoms with E-state index in [-0.39, 0.29) is 22.6 Å². The van der Waals surface area contributed by atoms with Crippen LogP contribution in [0.15, 0.2) is 42.5 Å². The number of carbonyl (C=O) groups excluding carboxylic acids is 1. The van der Waals surface area contributed by atoms with Crippen LogP contribution in [0.2, 0.25) is 0 Å². The Hall–Kier alpha value is -2.51. The minimum Gasteiger partial charge on any atom is -0.373 e. The van der Waals surface area contributed by atoms with Crippen molar-refractivity contribution in [2.75, 3.05) is 30.3 Å². The van der Waals surface area contributed by atoms with E-state index in [1.807, 2.05) is 30.3 Å². The van der Waals surface area contributed by atoms with Gasteiger partial charge in [-0.15, -0.1) is 10.2 Å². The molecule has 1 aromatic carbocycles. The van der Waals surface area contributed by atoms with Gasteiger partial charge >= 0.3 is 0 Å². The number of carbonyl (C=O) groups is 1. The summed E-state index contributed by atoms with van der Waals surface area (Å²) < 4.78 is 6.06. The van der Waals surface area contributed by atoms with Gasteiger partial charge in [0.25, 0.3) is 5.91 Å². The maximum Gasteiger partial charge on any atom is 0.276 e. The van der Waals surface area contributed by atoms with Crippen LogP contribution in [0, 0.1) is 5.41 Å². The number of para-hydroxylation sites is 1. The second kappa shape index (κ2) is 7.25. The number of fused-ring (bicyclic) bond motifs is 3. The molecule has 7 nitrogen and oxygen atoms in total. The molecule has 2 bridgehead atoms. The number of anilines is 2. The summed E-state index contributed by atoms with van der Waals surface area (Å²) in [5.74, 6) is 0.395. The molecule has 1 amide bonds.